The number of phenols is 1. The van der Waals surface area contributed by atoms with E-state index in [4.69, 9.17) is 19.3 Å². The molecule has 0 unspecified atom stereocenters. The van der Waals surface area contributed by atoms with Crippen molar-refractivity contribution in [2.45, 2.75) is 123 Å². The van der Waals surface area contributed by atoms with E-state index >= 15 is 0 Å². The van der Waals surface area contributed by atoms with Gasteiger partial charge in [0.2, 0.25) is 0 Å². The van der Waals surface area contributed by atoms with Gasteiger partial charge in [0.05, 0.1) is 6.61 Å². The van der Waals surface area contributed by atoms with Crippen LogP contribution in [-0.2, 0) is 45.1 Å². The number of ether oxygens (including phenoxy) is 3. The number of hydrogen-bond donors (Lipinski definition) is 2. The zero-order valence-electron chi connectivity index (χ0n) is 29.0. The average molecular weight is 677 g/mol. The predicted octanol–water partition coefficient (Wildman–Crippen LogP) is 7.60. The minimum absolute atomic E-state index is 0.0438. The Hall–Kier alpha value is -3.92. The van der Waals surface area contributed by atoms with Crippen LogP contribution in [0.1, 0.15) is 123 Å². The minimum Gasteiger partial charge on any atom is -0.507 e. The van der Waals surface area contributed by atoms with E-state index in [1.54, 1.807) is 0 Å². The summed E-state index contributed by atoms with van der Waals surface area (Å²) in [6.45, 7) is 14.0. The second kappa shape index (κ2) is 14.3. The van der Waals surface area contributed by atoms with Crippen LogP contribution in [0, 0.1) is 13.8 Å². The molecule has 0 saturated heterocycles. The zero-order chi connectivity index (χ0) is 34.9. The Labute approximate surface area is 283 Å². The number of phenolic OH excluding ortho intramolecular Hbond substituents is 1. The van der Waals surface area contributed by atoms with Crippen molar-refractivity contribution in [2.24, 2.45) is 0 Å². The number of aldehydes is 1. The van der Waals surface area contributed by atoms with Gasteiger partial charge in [-0.1, -0.05) is 31.3 Å². The Balaban J connectivity index is 0.000000188. The molecule has 10 heteroatoms. The number of fused-ring (bicyclic) bond motifs is 2. The fraction of sp³-hybridized carbons (Fsp3) is 0.526. The number of aliphatic carboxylic acids is 1. The summed E-state index contributed by atoms with van der Waals surface area (Å²) < 4.78 is 16.5. The van der Waals surface area contributed by atoms with Crippen LogP contribution in [0.25, 0.3) is 0 Å². The molecule has 2 aromatic rings. The van der Waals surface area contributed by atoms with Gasteiger partial charge in [-0.3, -0.25) is 4.79 Å². The topological polar surface area (TPSA) is 136 Å². The molecule has 0 bridgehead atoms. The predicted molar refractivity (Wildman–Crippen MR) is 184 cm³/mol. The largest absolute Gasteiger partial charge is 0.507 e. The van der Waals surface area contributed by atoms with Crippen LogP contribution >= 0.6 is 0 Å². The smallest absolute Gasteiger partial charge is 0.342 e. The summed E-state index contributed by atoms with van der Waals surface area (Å²) in [4.78, 5) is 46.2. The van der Waals surface area contributed by atoms with Gasteiger partial charge >= 0.3 is 17.9 Å². The van der Waals surface area contributed by atoms with Crippen LogP contribution in [0.3, 0.4) is 0 Å². The summed E-state index contributed by atoms with van der Waals surface area (Å²) in [6.07, 6.45) is 8.75. The second-order valence-electron chi connectivity index (χ2n) is 14.8. The molecule has 258 valence electrons. The van der Waals surface area contributed by atoms with E-state index < -0.39 is 20.0 Å². The van der Waals surface area contributed by atoms with Crippen molar-refractivity contribution in [1.29, 1.82) is 0 Å². The number of hydrogen-bond acceptors (Lipinski definition) is 8. The second-order valence-corrected chi connectivity index (χ2v) is 20.4. The van der Waals surface area contributed by atoms with E-state index in [0.717, 1.165) is 82.5 Å². The maximum Gasteiger partial charge on any atom is 0.342 e. The van der Waals surface area contributed by atoms with Gasteiger partial charge in [0.1, 0.15) is 42.1 Å². The molecule has 0 aromatic heterocycles. The zero-order valence-corrected chi connectivity index (χ0v) is 30.0. The summed E-state index contributed by atoms with van der Waals surface area (Å²) in [5, 5.41) is 19.4. The van der Waals surface area contributed by atoms with Gasteiger partial charge < -0.3 is 29.2 Å². The molecule has 2 saturated carbocycles. The van der Waals surface area contributed by atoms with Gasteiger partial charge in [-0.15, -0.1) is 0 Å². The third-order valence-electron chi connectivity index (χ3n) is 9.84. The van der Waals surface area contributed by atoms with Gasteiger partial charge in [-0.05, 0) is 99.4 Å². The van der Waals surface area contributed by atoms with Crippen molar-refractivity contribution < 1.29 is 43.6 Å². The SMILES string of the molecule is C/C(=C\Cc1c(O)c2c(c(C)c1C1CC1)COC2=O)CCC(=O)O.Cc1c2c(c(OCC[Si](C)(C)C)c(CC=O)c1C1CC1)C(=O)OC2. The Bertz CT molecular complexity index is 1670. The van der Waals surface area contributed by atoms with Crippen molar-refractivity contribution in [3.8, 4) is 11.5 Å². The number of aromatic hydroxyl groups is 1. The molecule has 2 N–H and O–H groups in total. The van der Waals surface area contributed by atoms with Crippen LogP contribution in [0.2, 0.25) is 25.7 Å². The van der Waals surface area contributed by atoms with Crippen LogP contribution in [0.5, 0.6) is 11.5 Å². The lowest BCUT2D eigenvalue weighted by molar-refractivity contribution is -0.137. The molecule has 0 amide bonds. The highest BCUT2D eigenvalue weighted by atomic mass is 28.3. The van der Waals surface area contributed by atoms with E-state index in [1.807, 2.05) is 19.9 Å². The first-order chi connectivity index (χ1) is 22.7. The number of carboxylic acid groups (broad SMARTS) is 1. The molecule has 2 aliphatic heterocycles. The van der Waals surface area contributed by atoms with Crippen molar-refractivity contribution in [3.63, 3.8) is 0 Å². The van der Waals surface area contributed by atoms with E-state index in [1.165, 1.54) is 5.56 Å². The Morgan fingerprint density at radius 1 is 0.875 bits per heavy atom. The molecular formula is C38H48O9Si. The molecule has 2 aromatic carbocycles. The Kier molecular flexibility index (Phi) is 10.5. The fourth-order valence-corrected chi connectivity index (χ4v) is 7.56. The first kappa shape index (κ1) is 35.4. The summed E-state index contributed by atoms with van der Waals surface area (Å²) in [7, 11) is -1.23. The number of benzene rings is 2. The summed E-state index contributed by atoms with van der Waals surface area (Å²) >= 11 is 0. The summed E-state index contributed by atoms with van der Waals surface area (Å²) in [5.74, 6) is 0.0133. The van der Waals surface area contributed by atoms with Gasteiger partial charge in [0.25, 0.3) is 0 Å². The molecular weight excluding hydrogens is 628 g/mol. The Morgan fingerprint density at radius 2 is 1.42 bits per heavy atom. The number of carbonyl (C=O) groups excluding carboxylic acids is 3. The highest BCUT2D eigenvalue weighted by molar-refractivity contribution is 6.76. The molecule has 4 aliphatic rings. The third kappa shape index (κ3) is 7.69. The van der Waals surface area contributed by atoms with E-state index in [-0.39, 0.29) is 24.7 Å². The van der Waals surface area contributed by atoms with Crippen LogP contribution in [0.4, 0.5) is 0 Å². The summed E-state index contributed by atoms with van der Waals surface area (Å²) in [6, 6.07) is 1.02. The molecule has 0 spiro atoms. The van der Waals surface area contributed by atoms with E-state index in [0.29, 0.717) is 61.2 Å². The highest BCUT2D eigenvalue weighted by Crippen LogP contribution is 2.50. The number of allylic oxidation sites excluding steroid dienone is 2. The first-order valence-electron chi connectivity index (χ1n) is 17.1. The van der Waals surface area contributed by atoms with E-state index in [9.17, 15) is 24.3 Å². The average Bonchev–Trinajstić information content (AvgIpc) is 3.95. The lowest BCUT2D eigenvalue weighted by Crippen LogP contribution is -2.23. The molecule has 2 aliphatic carbocycles. The van der Waals surface area contributed by atoms with E-state index in [2.05, 4.69) is 26.6 Å². The normalized spacial score (nSPS) is 16.8. The quantitative estimate of drug-likeness (QED) is 0.0951. The maximum absolute atomic E-state index is 12.3. The van der Waals surface area contributed by atoms with Crippen molar-refractivity contribution in [2.75, 3.05) is 6.61 Å². The van der Waals surface area contributed by atoms with Gasteiger partial charge in [-0.2, -0.15) is 0 Å². The molecule has 6 rings (SSSR count). The Morgan fingerprint density at radius 3 is 1.94 bits per heavy atom. The molecule has 9 nitrogen and oxygen atoms in total. The van der Waals surface area contributed by atoms with Crippen LogP contribution < -0.4 is 4.74 Å². The molecule has 0 atom stereocenters. The number of cyclic esters (lactones) is 2. The standard InChI is InChI=1S/C19H22O5.C19H26O4Si/c1-10(4-8-15(20)21)3-7-13-16(12-5-6-12)11(2)14-9-24-19(23)17(14)18(13)22;1-12-15-11-23-19(21)17(15)18(22-9-10-24(2,3)4)14(7-8-20)16(12)13-5-6-13/h3,12,22H,4-9H2,1-2H3,(H,20,21);8,13H,5-7,9-11H2,1-4H3/b10-3+;. The van der Waals surface area contributed by atoms with Gasteiger partial charge in [0.15, 0.2) is 0 Å². The number of carbonyl (C=O) groups is 4. The van der Waals surface area contributed by atoms with Gasteiger partial charge in [-0.25, -0.2) is 9.59 Å². The van der Waals surface area contributed by atoms with Crippen molar-refractivity contribution in [3.05, 3.63) is 67.3 Å². The number of carboxylic acids is 1. The first-order valence-corrected chi connectivity index (χ1v) is 20.8. The monoisotopic (exact) mass is 676 g/mol. The molecule has 0 radical (unpaired) electrons. The third-order valence-corrected chi connectivity index (χ3v) is 11.5. The highest BCUT2D eigenvalue weighted by Gasteiger charge is 2.38. The maximum atomic E-state index is 12.3. The van der Waals surface area contributed by atoms with Crippen LogP contribution in [-0.4, -0.2) is 49.1 Å². The molecule has 48 heavy (non-hydrogen) atoms. The molecule has 2 fully saturated rings. The van der Waals surface area contributed by atoms with Crippen molar-refractivity contribution >= 4 is 32.3 Å². The van der Waals surface area contributed by atoms with Gasteiger partial charge in [0, 0.05) is 43.2 Å². The minimum atomic E-state index is -1.23. The number of rotatable bonds is 13. The summed E-state index contributed by atoms with van der Waals surface area (Å²) in [5.41, 5.74) is 9.87. The van der Waals surface area contributed by atoms with Crippen LogP contribution in [0.15, 0.2) is 11.6 Å². The number of esters is 2. The lowest BCUT2D eigenvalue weighted by Gasteiger charge is -2.22. The lowest BCUT2D eigenvalue weighted by atomic mass is 9.88. The molecule has 2 heterocycles. The fourth-order valence-electron chi connectivity index (χ4n) is 6.84. The van der Waals surface area contributed by atoms with Crippen molar-refractivity contribution in [1.82, 2.24) is 0 Å².